The summed E-state index contributed by atoms with van der Waals surface area (Å²) in [6.07, 6.45) is 5.42. The maximum absolute atomic E-state index is 12.2. The van der Waals surface area contributed by atoms with E-state index in [9.17, 15) is 13.2 Å². The summed E-state index contributed by atoms with van der Waals surface area (Å²) in [4.78, 5) is 12.7. The van der Waals surface area contributed by atoms with Crippen LogP contribution in [0.2, 0.25) is 0 Å². The van der Waals surface area contributed by atoms with Gasteiger partial charge in [0.15, 0.2) is 9.84 Å². The molecule has 20 heavy (non-hydrogen) atoms. The first-order valence-electron chi connectivity index (χ1n) is 6.63. The van der Waals surface area contributed by atoms with Gasteiger partial charge in [0.1, 0.15) is 0 Å². The minimum Gasteiger partial charge on any atom is -0.348 e. The van der Waals surface area contributed by atoms with Crippen molar-refractivity contribution in [1.82, 2.24) is 5.32 Å². The van der Waals surface area contributed by atoms with Crippen molar-refractivity contribution >= 4 is 31.7 Å². The Balaban J connectivity index is 2.13. The number of carbonyl (C=O) groups is 1. The topological polar surface area (TPSA) is 63.2 Å². The lowest BCUT2D eigenvalue weighted by molar-refractivity contribution is 0.0929. The fraction of sp³-hybridized carbons (Fsp3) is 0.500. The van der Waals surface area contributed by atoms with Crippen LogP contribution < -0.4 is 5.32 Å². The molecule has 0 spiro atoms. The third kappa shape index (κ3) is 3.82. The number of halogens is 1. The number of carbonyl (C=O) groups excluding carboxylic acids is 1. The molecular weight excluding hydrogens is 342 g/mol. The lowest BCUT2D eigenvalue weighted by Gasteiger charge is -2.28. The number of alkyl halides is 1. The van der Waals surface area contributed by atoms with Gasteiger partial charge in [-0.2, -0.15) is 0 Å². The SMILES string of the molecule is CS(=O)(=O)c1cccc(C(=O)NC2CCCCC2Br)c1. The molecule has 0 saturated heterocycles. The van der Waals surface area contributed by atoms with Crippen LogP contribution in [0.25, 0.3) is 0 Å². The first kappa shape index (κ1) is 15.5. The smallest absolute Gasteiger partial charge is 0.251 e. The van der Waals surface area contributed by atoms with Crippen LogP contribution in [0.1, 0.15) is 36.0 Å². The number of nitrogens with one attached hydrogen (secondary N) is 1. The summed E-state index contributed by atoms with van der Waals surface area (Å²) in [6, 6.07) is 6.27. The fourth-order valence-corrected chi connectivity index (χ4v) is 3.75. The highest BCUT2D eigenvalue weighted by Crippen LogP contribution is 2.24. The Morgan fingerprint density at radius 3 is 2.65 bits per heavy atom. The zero-order valence-electron chi connectivity index (χ0n) is 11.3. The zero-order valence-corrected chi connectivity index (χ0v) is 13.7. The molecule has 110 valence electrons. The lowest BCUT2D eigenvalue weighted by atomic mass is 9.95. The molecule has 1 saturated carbocycles. The van der Waals surface area contributed by atoms with Gasteiger partial charge in [0.05, 0.1) is 4.90 Å². The number of sulfone groups is 1. The number of hydrogen-bond donors (Lipinski definition) is 1. The normalized spacial score (nSPS) is 23.3. The summed E-state index contributed by atoms with van der Waals surface area (Å²) >= 11 is 3.59. The molecule has 1 amide bonds. The minimum absolute atomic E-state index is 0.109. The first-order valence-corrected chi connectivity index (χ1v) is 9.44. The van der Waals surface area contributed by atoms with Gasteiger partial charge in [-0.15, -0.1) is 0 Å². The molecule has 1 N–H and O–H groups in total. The summed E-state index contributed by atoms with van der Waals surface area (Å²) in [5.74, 6) is -0.216. The molecule has 6 heteroatoms. The Kier molecular flexibility index (Phi) is 4.86. The first-order chi connectivity index (χ1) is 9.38. The molecule has 0 aromatic heterocycles. The van der Waals surface area contributed by atoms with Gasteiger partial charge in [-0.25, -0.2) is 8.42 Å². The predicted molar refractivity (Wildman–Crippen MR) is 82.0 cm³/mol. The number of amides is 1. The highest BCUT2D eigenvalue weighted by Gasteiger charge is 2.24. The molecule has 1 aromatic rings. The van der Waals surface area contributed by atoms with E-state index >= 15 is 0 Å². The van der Waals surface area contributed by atoms with E-state index in [1.54, 1.807) is 12.1 Å². The highest BCUT2D eigenvalue weighted by molar-refractivity contribution is 9.09. The van der Waals surface area contributed by atoms with Crippen molar-refractivity contribution in [3.8, 4) is 0 Å². The second-order valence-corrected chi connectivity index (χ2v) is 8.37. The van der Waals surface area contributed by atoms with Crippen molar-refractivity contribution in [3.63, 3.8) is 0 Å². The zero-order chi connectivity index (χ0) is 14.8. The van der Waals surface area contributed by atoms with Gasteiger partial charge in [0.2, 0.25) is 0 Å². The second-order valence-electron chi connectivity index (χ2n) is 5.18. The second kappa shape index (κ2) is 6.26. The third-order valence-electron chi connectivity index (χ3n) is 3.52. The molecule has 0 heterocycles. The molecule has 0 bridgehead atoms. The van der Waals surface area contributed by atoms with Crippen LogP contribution in [0.3, 0.4) is 0 Å². The van der Waals surface area contributed by atoms with E-state index in [4.69, 9.17) is 0 Å². The summed E-state index contributed by atoms with van der Waals surface area (Å²) in [6.45, 7) is 0. The number of rotatable bonds is 3. The van der Waals surface area contributed by atoms with Crippen molar-refractivity contribution in [1.29, 1.82) is 0 Å². The van der Waals surface area contributed by atoms with Crippen LogP contribution in [0.4, 0.5) is 0 Å². The molecule has 2 atom stereocenters. The highest BCUT2D eigenvalue weighted by atomic mass is 79.9. The largest absolute Gasteiger partial charge is 0.348 e. The Hall–Kier alpha value is -0.880. The molecule has 1 aromatic carbocycles. The van der Waals surface area contributed by atoms with Crippen LogP contribution in [0.5, 0.6) is 0 Å². The quantitative estimate of drug-likeness (QED) is 0.843. The molecular formula is C14H18BrNO3S. The van der Waals surface area contributed by atoms with Gasteiger partial charge in [-0.1, -0.05) is 34.8 Å². The summed E-state index contributed by atoms with van der Waals surface area (Å²) in [5, 5.41) is 2.98. The van der Waals surface area contributed by atoms with Gasteiger partial charge < -0.3 is 5.32 Å². The van der Waals surface area contributed by atoms with Crippen molar-refractivity contribution in [2.24, 2.45) is 0 Å². The van der Waals surface area contributed by atoms with Crippen LogP contribution in [0.15, 0.2) is 29.2 Å². The van der Waals surface area contributed by atoms with Crippen LogP contribution in [-0.2, 0) is 9.84 Å². The van der Waals surface area contributed by atoms with Crippen LogP contribution in [-0.4, -0.2) is 31.4 Å². The van der Waals surface area contributed by atoms with E-state index in [-0.39, 0.29) is 16.8 Å². The Labute approximate surface area is 128 Å². The van der Waals surface area contributed by atoms with E-state index in [2.05, 4.69) is 21.2 Å². The van der Waals surface area contributed by atoms with Crippen molar-refractivity contribution in [3.05, 3.63) is 29.8 Å². The standard InChI is InChI=1S/C14H18BrNO3S/c1-20(18,19)11-6-4-5-10(9-11)14(17)16-13-8-3-2-7-12(13)15/h4-6,9,12-13H,2-3,7-8H2,1H3,(H,16,17). The average molecular weight is 360 g/mol. The molecule has 1 aliphatic rings. The van der Waals surface area contributed by atoms with E-state index in [1.807, 2.05) is 0 Å². The maximum Gasteiger partial charge on any atom is 0.251 e. The Morgan fingerprint density at radius 2 is 2.00 bits per heavy atom. The fourth-order valence-electron chi connectivity index (χ4n) is 2.37. The van der Waals surface area contributed by atoms with Gasteiger partial charge in [-0.3, -0.25) is 4.79 Å². The number of hydrogen-bond acceptors (Lipinski definition) is 3. The van der Waals surface area contributed by atoms with Crippen LogP contribution in [0, 0.1) is 0 Å². The molecule has 0 aliphatic heterocycles. The van der Waals surface area contributed by atoms with Gasteiger partial charge >= 0.3 is 0 Å². The monoisotopic (exact) mass is 359 g/mol. The summed E-state index contributed by atoms with van der Waals surface area (Å²) in [5.41, 5.74) is 0.387. The predicted octanol–water partition coefficient (Wildman–Crippen LogP) is 2.53. The van der Waals surface area contributed by atoms with Crippen molar-refractivity contribution < 1.29 is 13.2 Å². The number of benzene rings is 1. The lowest BCUT2D eigenvalue weighted by Crippen LogP contribution is -2.42. The molecule has 4 nitrogen and oxygen atoms in total. The van der Waals surface area contributed by atoms with E-state index in [1.165, 1.54) is 18.6 Å². The Bertz CT molecular complexity index is 600. The van der Waals surface area contributed by atoms with Gasteiger partial charge in [-0.05, 0) is 31.0 Å². The van der Waals surface area contributed by atoms with E-state index in [0.717, 1.165) is 25.5 Å². The molecule has 1 fully saturated rings. The van der Waals surface area contributed by atoms with E-state index < -0.39 is 9.84 Å². The van der Waals surface area contributed by atoms with Crippen LogP contribution >= 0.6 is 15.9 Å². The van der Waals surface area contributed by atoms with E-state index in [0.29, 0.717) is 10.4 Å². The molecule has 1 aliphatic carbocycles. The molecule has 2 unspecified atom stereocenters. The van der Waals surface area contributed by atoms with Gasteiger partial charge in [0, 0.05) is 22.7 Å². The van der Waals surface area contributed by atoms with Gasteiger partial charge in [0.25, 0.3) is 5.91 Å². The van der Waals surface area contributed by atoms with Crippen molar-refractivity contribution in [2.45, 2.75) is 41.4 Å². The third-order valence-corrected chi connectivity index (χ3v) is 5.73. The average Bonchev–Trinajstić information content (AvgIpc) is 2.40. The van der Waals surface area contributed by atoms with Crippen molar-refractivity contribution in [2.75, 3.05) is 6.26 Å². The Morgan fingerprint density at radius 1 is 1.30 bits per heavy atom. The molecule has 0 radical (unpaired) electrons. The maximum atomic E-state index is 12.2. The summed E-state index contributed by atoms with van der Waals surface area (Å²) < 4.78 is 23.0. The minimum atomic E-state index is -3.29. The molecule has 2 rings (SSSR count). The summed E-state index contributed by atoms with van der Waals surface area (Å²) in [7, 11) is -3.29.